The Balaban J connectivity index is 2.27. The van der Waals surface area contributed by atoms with Crippen LogP contribution in [0.3, 0.4) is 0 Å². The zero-order valence-electron chi connectivity index (χ0n) is 9.35. The van der Waals surface area contributed by atoms with Gasteiger partial charge in [0.15, 0.2) is 11.6 Å². The van der Waals surface area contributed by atoms with Crippen LogP contribution < -0.4 is 10.5 Å². The van der Waals surface area contributed by atoms with Crippen molar-refractivity contribution < 1.29 is 9.13 Å². The van der Waals surface area contributed by atoms with Crippen LogP contribution in [0.25, 0.3) is 0 Å². The minimum absolute atomic E-state index is 0.0949. The van der Waals surface area contributed by atoms with E-state index in [1.807, 2.05) is 6.92 Å². The zero-order valence-corrected chi connectivity index (χ0v) is 9.35. The number of ether oxygens (including phenoxy) is 1. The van der Waals surface area contributed by atoms with Crippen molar-refractivity contribution in [3.63, 3.8) is 0 Å². The Hall–Kier alpha value is -2.01. The van der Waals surface area contributed by atoms with Gasteiger partial charge in [-0.15, -0.1) is 0 Å². The molecule has 0 fully saturated rings. The number of halogens is 1. The molecule has 1 heterocycles. The first kappa shape index (κ1) is 11.5. The van der Waals surface area contributed by atoms with Crippen molar-refractivity contribution >= 4 is 0 Å². The number of nitrogens with zero attached hydrogens (tertiary/aromatic N) is 2. The SMILES string of the molecule is Cc1ccc(F)c(Oc2nccc(CN)n2)c1. The molecule has 2 rings (SSSR count). The van der Waals surface area contributed by atoms with Crippen molar-refractivity contribution in [2.24, 2.45) is 5.73 Å². The molecule has 0 saturated heterocycles. The molecule has 0 unspecified atom stereocenters. The quantitative estimate of drug-likeness (QED) is 0.882. The maximum absolute atomic E-state index is 13.4. The Labute approximate surface area is 98.3 Å². The van der Waals surface area contributed by atoms with Crippen LogP contribution in [0.4, 0.5) is 4.39 Å². The molecule has 1 aromatic heterocycles. The van der Waals surface area contributed by atoms with Gasteiger partial charge in [0, 0.05) is 12.7 Å². The summed E-state index contributed by atoms with van der Waals surface area (Å²) in [6.07, 6.45) is 1.53. The Morgan fingerprint density at radius 2 is 2.18 bits per heavy atom. The van der Waals surface area contributed by atoms with Crippen molar-refractivity contribution in [2.75, 3.05) is 0 Å². The van der Waals surface area contributed by atoms with Gasteiger partial charge in [0.1, 0.15) is 0 Å². The first-order valence-electron chi connectivity index (χ1n) is 5.15. The largest absolute Gasteiger partial charge is 0.421 e. The van der Waals surface area contributed by atoms with Gasteiger partial charge >= 0.3 is 6.01 Å². The second kappa shape index (κ2) is 4.88. The van der Waals surface area contributed by atoms with E-state index in [2.05, 4.69) is 9.97 Å². The molecule has 5 heteroatoms. The van der Waals surface area contributed by atoms with Gasteiger partial charge in [0.2, 0.25) is 0 Å². The lowest BCUT2D eigenvalue weighted by Gasteiger charge is -2.06. The van der Waals surface area contributed by atoms with Crippen LogP contribution in [-0.2, 0) is 6.54 Å². The number of hydrogen-bond acceptors (Lipinski definition) is 4. The fourth-order valence-corrected chi connectivity index (χ4v) is 1.33. The molecule has 1 aromatic carbocycles. The van der Waals surface area contributed by atoms with Gasteiger partial charge in [0.25, 0.3) is 0 Å². The lowest BCUT2D eigenvalue weighted by Crippen LogP contribution is -2.02. The van der Waals surface area contributed by atoms with Crippen molar-refractivity contribution in [2.45, 2.75) is 13.5 Å². The molecule has 0 spiro atoms. The predicted molar refractivity (Wildman–Crippen MR) is 61.1 cm³/mol. The molecule has 0 amide bonds. The highest BCUT2D eigenvalue weighted by Crippen LogP contribution is 2.22. The van der Waals surface area contributed by atoms with E-state index in [-0.39, 0.29) is 18.3 Å². The standard InChI is InChI=1S/C12H12FN3O/c1-8-2-3-10(13)11(6-8)17-12-15-5-4-9(7-14)16-12/h2-6H,7,14H2,1H3. The molecular weight excluding hydrogens is 221 g/mol. The summed E-state index contributed by atoms with van der Waals surface area (Å²) in [6.45, 7) is 2.14. The van der Waals surface area contributed by atoms with Crippen molar-refractivity contribution in [1.82, 2.24) is 9.97 Å². The van der Waals surface area contributed by atoms with E-state index in [0.717, 1.165) is 5.56 Å². The van der Waals surface area contributed by atoms with Crippen LogP contribution in [0.15, 0.2) is 30.5 Å². The topological polar surface area (TPSA) is 61.0 Å². The summed E-state index contributed by atoms with van der Waals surface area (Å²) in [5, 5.41) is 0. The van der Waals surface area contributed by atoms with Crippen LogP contribution in [0.5, 0.6) is 11.8 Å². The minimum Gasteiger partial charge on any atom is -0.421 e. The van der Waals surface area contributed by atoms with Crippen molar-refractivity contribution in [3.05, 3.63) is 47.5 Å². The van der Waals surface area contributed by atoms with E-state index < -0.39 is 5.82 Å². The van der Waals surface area contributed by atoms with E-state index in [9.17, 15) is 4.39 Å². The molecule has 0 radical (unpaired) electrons. The number of aryl methyl sites for hydroxylation is 1. The Kier molecular flexibility index (Phi) is 3.30. The van der Waals surface area contributed by atoms with Crippen LogP contribution in [-0.4, -0.2) is 9.97 Å². The highest BCUT2D eigenvalue weighted by atomic mass is 19.1. The molecule has 2 N–H and O–H groups in total. The van der Waals surface area contributed by atoms with E-state index in [0.29, 0.717) is 5.69 Å². The maximum Gasteiger partial charge on any atom is 0.322 e. The van der Waals surface area contributed by atoms with Gasteiger partial charge in [-0.3, -0.25) is 0 Å². The lowest BCUT2D eigenvalue weighted by molar-refractivity contribution is 0.409. The van der Waals surface area contributed by atoms with Gasteiger partial charge in [0.05, 0.1) is 5.69 Å². The molecule has 0 aliphatic heterocycles. The van der Waals surface area contributed by atoms with E-state index >= 15 is 0 Å². The first-order chi connectivity index (χ1) is 8.19. The first-order valence-corrected chi connectivity index (χ1v) is 5.15. The second-order valence-electron chi connectivity index (χ2n) is 3.57. The van der Waals surface area contributed by atoms with Crippen LogP contribution in [0.2, 0.25) is 0 Å². The van der Waals surface area contributed by atoms with Gasteiger partial charge in [-0.25, -0.2) is 9.37 Å². The number of rotatable bonds is 3. The van der Waals surface area contributed by atoms with Crippen LogP contribution in [0, 0.1) is 12.7 Å². The summed E-state index contributed by atoms with van der Waals surface area (Å²) in [4.78, 5) is 7.93. The summed E-state index contributed by atoms with van der Waals surface area (Å²) < 4.78 is 18.7. The molecule has 0 atom stereocenters. The summed E-state index contributed by atoms with van der Waals surface area (Å²) in [6, 6.07) is 6.38. The highest BCUT2D eigenvalue weighted by Gasteiger charge is 2.07. The lowest BCUT2D eigenvalue weighted by atomic mass is 10.2. The molecule has 0 bridgehead atoms. The van der Waals surface area contributed by atoms with E-state index in [1.165, 1.54) is 12.3 Å². The van der Waals surface area contributed by atoms with Crippen LogP contribution in [0.1, 0.15) is 11.3 Å². The maximum atomic E-state index is 13.4. The van der Waals surface area contributed by atoms with Gasteiger partial charge in [-0.05, 0) is 30.7 Å². The Morgan fingerprint density at radius 1 is 1.35 bits per heavy atom. The average molecular weight is 233 g/mol. The van der Waals surface area contributed by atoms with Crippen LogP contribution >= 0.6 is 0 Å². The molecule has 2 aromatic rings. The third-order valence-corrected chi connectivity index (χ3v) is 2.19. The Bertz CT molecular complexity index is 531. The van der Waals surface area contributed by atoms with Gasteiger partial charge in [-0.2, -0.15) is 4.98 Å². The van der Waals surface area contributed by atoms with Crippen molar-refractivity contribution in [1.29, 1.82) is 0 Å². The summed E-state index contributed by atoms with van der Waals surface area (Å²) in [5.74, 6) is -0.337. The summed E-state index contributed by atoms with van der Waals surface area (Å²) in [5.41, 5.74) is 6.99. The molecule has 0 aliphatic rings. The minimum atomic E-state index is -0.447. The average Bonchev–Trinajstić information content (AvgIpc) is 2.34. The monoisotopic (exact) mass is 233 g/mol. The zero-order chi connectivity index (χ0) is 12.3. The summed E-state index contributed by atoms with van der Waals surface area (Å²) >= 11 is 0. The van der Waals surface area contributed by atoms with E-state index in [1.54, 1.807) is 18.2 Å². The molecule has 4 nitrogen and oxygen atoms in total. The van der Waals surface area contributed by atoms with Crippen molar-refractivity contribution in [3.8, 4) is 11.8 Å². The molecule has 0 saturated carbocycles. The summed E-state index contributed by atoms with van der Waals surface area (Å²) in [7, 11) is 0. The number of aromatic nitrogens is 2. The normalized spacial score (nSPS) is 10.3. The number of benzene rings is 1. The van der Waals surface area contributed by atoms with Gasteiger partial charge in [-0.1, -0.05) is 6.07 Å². The van der Waals surface area contributed by atoms with E-state index in [4.69, 9.17) is 10.5 Å². The third-order valence-electron chi connectivity index (χ3n) is 2.19. The third kappa shape index (κ3) is 2.76. The molecular formula is C12H12FN3O. The molecule has 88 valence electrons. The fraction of sp³-hybridized carbons (Fsp3) is 0.167. The Morgan fingerprint density at radius 3 is 2.94 bits per heavy atom. The molecule has 17 heavy (non-hydrogen) atoms. The van der Waals surface area contributed by atoms with Gasteiger partial charge < -0.3 is 10.5 Å². The smallest absolute Gasteiger partial charge is 0.322 e. The second-order valence-corrected chi connectivity index (χ2v) is 3.57. The predicted octanol–water partition coefficient (Wildman–Crippen LogP) is 2.18. The number of nitrogens with two attached hydrogens (primary N) is 1. The fourth-order valence-electron chi connectivity index (χ4n) is 1.33. The highest BCUT2D eigenvalue weighted by molar-refractivity contribution is 5.31. The molecule has 0 aliphatic carbocycles. The number of hydrogen-bond donors (Lipinski definition) is 1.